The molecule has 1 atom stereocenters. The number of carbonyl (C=O) groups excluding carboxylic acids is 2. The lowest BCUT2D eigenvalue weighted by Gasteiger charge is -2.14. The van der Waals surface area contributed by atoms with Crippen LogP contribution in [-0.4, -0.2) is 16.9 Å². The number of amides is 1. The minimum Gasteiger partial charge on any atom is -0.443 e. The third-order valence-electron chi connectivity index (χ3n) is 3.89. The molecule has 1 aromatic heterocycles. The average molecular weight is 322 g/mol. The molecule has 0 saturated carbocycles. The number of aryl methyl sites for hydroxylation is 2. The van der Waals surface area contributed by atoms with E-state index >= 15 is 0 Å². The second-order valence-electron chi connectivity index (χ2n) is 5.82. The van der Waals surface area contributed by atoms with Crippen LogP contribution in [0.4, 0.5) is 0 Å². The van der Waals surface area contributed by atoms with E-state index in [0.29, 0.717) is 11.3 Å². The summed E-state index contributed by atoms with van der Waals surface area (Å²) in [5, 5.41) is 0.947. The number of nitrogens with one attached hydrogen (secondary N) is 1. The van der Waals surface area contributed by atoms with Gasteiger partial charge >= 0.3 is 5.97 Å². The lowest BCUT2D eigenvalue weighted by Crippen LogP contribution is -2.26. The van der Waals surface area contributed by atoms with Crippen molar-refractivity contribution in [2.45, 2.75) is 20.0 Å². The van der Waals surface area contributed by atoms with Crippen LogP contribution >= 0.6 is 0 Å². The second-order valence-corrected chi connectivity index (χ2v) is 5.82. The topological polar surface area (TPSA) is 85.2 Å². The van der Waals surface area contributed by atoms with Crippen molar-refractivity contribution in [3.63, 3.8) is 0 Å². The molecule has 5 heteroatoms. The van der Waals surface area contributed by atoms with E-state index in [9.17, 15) is 9.59 Å². The average Bonchev–Trinajstić information content (AvgIpc) is 2.97. The van der Waals surface area contributed by atoms with Gasteiger partial charge in [-0.25, -0.2) is 4.79 Å². The number of aromatic amines is 1. The highest BCUT2D eigenvalue weighted by atomic mass is 16.5. The molecule has 3 N–H and O–H groups in total. The number of ether oxygens (including phenoxy) is 1. The van der Waals surface area contributed by atoms with E-state index in [1.165, 1.54) is 0 Å². The highest BCUT2D eigenvalue weighted by Gasteiger charge is 2.24. The molecule has 0 aliphatic heterocycles. The van der Waals surface area contributed by atoms with Crippen LogP contribution in [0.2, 0.25) is 0 Å². The SMILES string of the molecule is Cc1cc(C)c2cc(C(=O)OC(C(N)=O)c3ccccc3)[nH]c2c1. The predicted octanol–water partition coefficient (Wildman–Crippen LogP) is 3.17. The van der Waals surface area contributed by atoms with Crippen LogP contribution in [0.3, 0.4) is 0 Å². The van der Waals surface area contributed by atoms with Gasteiger partial charge in [-0.2, -0.15) is 0 Å². The summed E-state index contributed by atoms with van der Waals surface area (Å²) in [4.78, 5) is 27.2. The van der Waals surface area contributed by atoms with E-state index in [1.807, 2.05) is 32.0 Å². The van der Waals surface area contributed by atoms with Gasteiger partial charge in [-0.15, -0.1) is 0 Å². The van der Waals surface area contributed by atoms with Gasteiger partial charge in [0, 0.05) is 16.5 Å². The second kappa shape index (κ2) is 6.20. The van der Waals surface area contributed by atoms with Crippen LogP contribution in [-0.2, 0) is 9.53 Å². The van der Waals surface area contributed by atoms with Crippen LogP contribution in [0.1, 0.15) is 33.3 Å². The van der Waals surface area contributed by atoms with Gasteiger partial charge in [0.15, 0.2) is 0 Å². The number of nitrogens with two attached hydrogens (primary N) is 1. The normalized spacial score (nSPS) is 12.1. The summed E-state index contributed by atoms with van der Waals surface area (Å²) >= 11 is 0. The summed E-state index contributed by atoms with van der Waals surface area (Å²) in [5.74, 6) is -1.33. The van der Waals surface area contributed by atoms with Crippen molar-refractivity contribution in [1.82, 2.24) is 4.98 Å². The maximum Gasteiger partial charge on any atom is 0.355 e. The molecule has 0 spiro atoms. The lowest BCUT2D eigenvalue weighted by atomic mass is 10.1. The van der Waals surface area contributed by atoms with E-state index < -0.39 is 18.0 Å². The summed E-state index contributed by atoms with van der Waals surface area (Å²) in [6.45, 7) is 3.97. The van der Waals surface area contributed by atoms with Gasteiger partial charge in [0.2, 0.25) is 6.10 Å². The number of aromatic nitrogens is 1. The summed E-state index contributed by atoms with van der Waals surface area (Å²) in [7, 11) is 0. The molecular weight excluding hydrogens is 304 g/mol. The Morgan fingerprint density at radius 3 is 2.46 bits per heavy atom. The summed E-state index contributed by atoms with van der Waals surface area (Å²) in [5.41, 5.74) is 9.24. The van der Waals surface area contributed by atoms with Gasteiger partial charge in [-0.3, -0.25) is 4.79 Å². The molecular formula is C19H18N2O3. The van der Waals surface area contributed by atoms with Crippen molar-refractivity contribution in [3.05, 3.63) is 70.9 Å². The van der Waals surface area contributed by atoms with Crippen molar-refractivity contribution in [2.75, 3.05) is 0 Å². The Morgan fingerprint density at radius 2 is 1.79 bits per heavy atom. The third kappa shape index (κ3) is 3.01. The Hall–Kier alpha value is -3.08. The Kier molecular flexibility index (Phi) is 4.08. The van der Waals surface area contributed by atoms with E-state index in [1.54, 1.807) is 30.3 Å². The quantitative estimate of drug-likeness (QED) is 0.723. The number of hydrogen-bond acceptors (Lipinski definition) is 3. The van der Waals surface area contributed by atoms with Crippen molar-refractivity contribution in [3.8, 4) is 0 Å². The molecule has 3 aromatic rings. The predicted molar refractivity (Wildman–Crippen MR) is 91.6 cm³/mol. The number of esters is 1. The number of primary amides is 1. The number of carbonyl (C=O) groups is 2. The zero-order valence-corrected chi connectivity index (χ0v) is 13.5. The third-order valence-corrected chi connectivity index (χ3v) is 3.89. The molecule has 0 saturated heterocycles. The molecule has 0 radical (unpaired) electrons. The number of hydrogen-bond donors (Lipinski definition) is 2. The zero-order valence-electron chi connectivity index (χ0n) is 13.5. The first-order chi connectivity index (χ1) is 11.5. The monoisotopic (exact) mass is 322 g/mol. The van der Waals surface area contributed by atoms with Gasteiger partial charge in [0.05, 0.1) is 0 Å². The van der Waals surface area contributed by atoms with Crippen LogP contribution in [0, 0.1) is 13.8 Å². The zero-order chi connectivity index (χ0) is 17.3. The van der Waals surface area contributed by atoms with E-state index in [4.69, 9.17) is 10.5 Å². The van der Waals surface area contributed by atoms with Gasteiger partial charge in [0.25, 0.3) is 5.91 Å². The fourth-order valence-electron chi connectivity index (χ4n) is 2.80. The fourth-order valence-corrected chi connectivity index (χ4v) is 2.80. The van der Waals surface area contributed by atoms with Crippen LogP contribution in [0.25, 0.3) is 10.9 Å². The van der Waals surface area contributed by atoms with Gasteiger partial charge in [0.1, 0.15) is 5.69 Å². The van der Waals surface area contributed by atoms with E-state index in [2.05, 4.69) is 4.98 Å². The molecule has 0 bridgehead atoms. The largest absolute Gasteiger partial charge is 0.443 e. The van der Waals surface area contributed by atoms with Crippen LogP contribution < -0.4 is 5.73 Å². The standard InChI is InChI=1S/C19H18N2O3/c1-11-8-12(2)14-10-16(21-15(14)9-11)19(23)24-17(18(20)22)13-6-4-3-5-7-13/h3-10,17,21H,1-2H3,(H2,20,22). The fraction of sp³-hybridized carbons (Fsp3) is 0.158. The lowest BCUT2D eigenvalue weighted by molar-refractivity contribution is -0.127. The van der Waals surface area contributed by atoms with Crippen molar-refractivity contribution < 1.29 is 14.3 Å². The van der Waals surface area contributed by atoms with Crippen molar-refractivity contribution in [1.29, 1.82) is 0 Å². The molecule has 5 nitrogen and oxygen atoms in total. The maximum atomic E-state index is 12.4. The highest BCUT2D eigenvalue weighted by Crippen LogP contribution is 2.24. The first kappa shape index (κ1) is 15.8. The number of fused-ring (bicyclic) bond motifs is 1. The number of rotatable bonds is 4. The minimum atomic E-state index is -1.12. The minimum absolute atomic E-state index is 0.292. The first-order valence-electron chi connectivity index (χ1n) is 7.61. The molecule has 0 aliphatic carbocycles. The highest BCUT2D eigenvalue weighted by molar-refractivity contribution is 5.97. The Morgan fingerprint density at radius 1 is 1.08 bits per heavy atom. The molecule has 1 heterocycles. The summed E-state index contributed by atoms with van der Waals surface area (Å²) < 4.78 is 5.34. The molecule has 1 amide bonds. The van der Waals surface area contributed by atoms with E-state index in [0.717, 1.165) is 22.0 Å². The number of H-pyrrole nitrogens is 1. The smallest absolute Gasteiger partial charge is 0.355 e. The Balaban J connectivity index is 1.91. The molecule has 2 aromatic carbocycles. The molecule has 0 fully saturated rings. The number of benzene rings is 2. The molecule has 122 valence electrons. The molecule has 0 aliphatic rings. The van der Waals surface area contributed by atoms with Crippen LogP contribution in [0.5, 0.6) is 0 Å². The summed E-state index contributed by atoms with van der Waals surface area (Å²) in [6, 6.07) is 14.5. The molecule has 24 heavy (non-hydrogen) atoms. The van der Waals surface area contributed by atoms with Crippen LogP contribution in [0.15, 0.2) is 48.5 Å². The van der Waals surface area contributed by atoms with Gasteiger partial charge in [-0.1, -0.05) is 36.4 Å². The summed E-state index contributed by atoms with van der Waals surface area (Å²) in [6.07, 6.45) is -1.12. The molecule has 3 rings (SSSR count). The molecule has 1 unspecified atom stereocenters. The van der Waals surface area contributed by atoms with Gasteiger partial charge < -0.3 is 15.5 Å². The Labute approximate surface area is 139 Å². The van der Waals surface area contributed by atoms with Gasteiger partial charge in [-0.05, 0) is 37.1 Å². The first-order valence-corrected chi connectivity index (χ1v) is 7.61. The van der Waals surface area contributed by atoms with Crippen molar-refractivity contribution in [2.24, 2.45) is 5.73 Å². The maximum absolute atomic E-state index is 12.4. The van der Waals surface area contributed by atoms with Crippen molar-refractivity contribution >= 4 is 22.8 Å². The Bertz CT molecular complexity index is 913. The van der Waals surface area contributed by atoms with E-state index in [-0.39, 0.29) is 0 Å².